The number of benzene rings is 3. The van der Waals surface area contributed by atoms with Crippen molar-refractivity contribution in [2.75, 3.05) is 5.32 Å². The number of fused-ring (bicyclic) bond motifs is 1. The summed E-state index contributed by atoms with van der Waals surface area (Å²) < 4.78 is 1.98. The van der Waals surface area contributed by atoms with Gasteiger partial charge in [0.25, 0.3) is 5.91 Å². The second-order valence-electron chi connectivity index (χ2n) is 6.24. The summed E-state index contributed by atoms with van der Waals surface area (Å²) in [5.41, 5.74) is 4.33. The van der Waals surface area contributed by atoms with Gasteiger partial charge in [-0.3, -0.25) is 14.2 Å². The first kappa shape index (κ1) is 16.7. The van der Waals surface area contributed by atoms with Crippen molar-refractivity contribution in [3.63, 3.8) is 0 Å². The van der Waals surface area contributed by atoms with E-state index < -0.39 is 0 Å². The molecular formula is C22H17N3O2. The third-order valence-electron chi connectivity index (χ3n) is 4.37. The van der Waals surface area contributed by atoms with Crippen molar-refractivity contribution in [2.24, 2.45) is 0 Å². The molecule has 0 aliphatic carbocycles. The Hall–Kier alpha value is -3.73. The van der Waals surface area contributed by atoms with Crippen LogP contribution < -0.4 is 5.32 Å². The van der Waals surface area contributed by atoms with Crippen molar-refractivity contribution in [1.29, 1.82) is 0 Å². The molecule has 132 valence electrons. The molecule has 0 bridgehead atoms. The monoisotopic (exact) mass is 355 g/mol. The molecule has 0 saturated heterocycles. The van der Waals surface area contributed by atoms with Gasteiger partial charge in [0.1, 0.15) is 6.33 Å². The lowest BCUT2D eigenvalue weighted by molar-refractivity contribution is 0.101. The number of amides is 1. The summed E-state index contributed by atoms with van der Waals surface area (Å²) in [7, 11) is 0. The summed E-state index contributed by atoms with van der Waals surface area (Å²) in [5, 5.41) is 2.83. The van der Waals surface area contributed by atoms with E-state index in [0.29, 0.717) is 16.8 Å². The van der Waals surface area contributed by atoms with Crippen LogP contribution >= 0.6 is 0 Å². The summed E-state index contributed by atoms with van der Waals surface area (Å²) in [6.45, 7) is 1.50. The molecule has 4 aromatic rings. The molecule has 4 rings (SSSR count). The van der Waals surface area contributed by atoms with Crippen LogP contribution in [0, 0.1) is 0 Å². The van der Waals surface area contributed by atoms with Gasteiger partial charge in [0.15, 0.2) is 5.78 Å². The molecule has 3 aromatic carbocycles. The number of para-hydroxylation sites is 1. The van der Waals surface area contributed by atoms with Gasteiger partial charge in [-0.05, 0) is 49.4 Å². The van der Waals surface area contributed by atoms with E-state index in [1.54, 1.807) is 42.7 Å². The normalized spacial score (nSPS) is 10.7. The van der Waals surface area contributed by atoms with Crippen molar-refractivity contribution >= 4 is 28.4 Å². The number of imidazole rings is 1. The van der Waals surface area contributed by atoms with E-state index in [-0.39, 0.29) is 11.7 Å². The number of anilines is 1. The zero-order valence-electron chi connectivity index (χ0n) is 14.7. The quantitative estimate of drug-likeness (QED) is 0.549. The van der Waals surface area contributed by atoms with E-state index in [1.165, 1.54) is 6.92 Å². The zero-order chi connectivity index (χ0) is 18.8. The van der Waals surface area contributed by atoms with Crippen LogP contribution in [0.15, 0.2) is 79.1 Å². The smallest absolute Gasteiger partial charge is 0.255 e. The Bertz CT molecular complexity index is 1150. The van der Waals surface area contributed by atoms with Crippen LogP contribution in [0.4, 0.5) is 5.69 Å². The number of aromatic nitrogens is 2. The lowest BCUT2D eigenvalue weighted by atomic mass is 10.1. The summed E-state index contributed by atoms with van der Waals surface area (Å²) >= 11 is 0. The van der Waals surface area contributed by atoms with Crippen molar-refractivity contribution in [2.45, 2.75) is 6.92 Å². The number of carbonyl (C=O) groups is 2. The summed E-state index contributed by atoms with van der Waals surface area (Å²) in [5.74, 6) is -0.286. The summed E-state index contributed by atoms with van der Waals surface area (Å²) in [6, 6.07) is 22.2. The maximum absolute atomic E-state index is 12.6. The van der Waals surface area contributed by atoms with Crippen LogP contribution in [0.3, 0.4) is 0 Å². The maximum atomic E-state index is 12.6. The van der Waals surface area contributed by atoms with E-state index in [0.717, 1.165) is 16.7 Å². The van der Waals surface area contributed by atoms with Crippen LogP contribution in [0.25, 0.3) is 16.7 Å². The van der Waals surface area contributed by atoms with Gasteiger partial charge in [-0.2, -0.15) is 0 Å². The minimum absolute atomic E-state index is 0.0426. The molecule has 0 spiro atoms. The highest BCUT2D eigenvalue weighted by molar-refractivity contribution is 6.06. The highest BCUT2D eigenvalue weighted by atomic mass is 16.1. The lowest BCUT2D eigenvalue weighted by Crippen LogP contribution is -2.12. The molecule has 0 aliphatic heterocycles. The number of nitrogens with zero attached hydrogens (tertiary/aromatic N) is 2. The first-order valence-electron chi connectivity index (χ1n) is 8.57. The number of hydrogen-bond acceptors (Lipinski definition) is 3. The van der Waals surface area contributed by atoms with Gasteiger partial charge in [0.2, 0.25) is 0 Å². The molecule has 0 aliphatic rings. The van der Waals surface area contributed by atoms with Gasteiger partial charge >= 0.3 is 0 Å². The molecule has 1 amide bonds. The molecule has 0 radical (unpaired) electrons. The first-order chi connectivity index (χ1) is 13.1. The third-order valence-corrected chi connectivity index (χ3v) is 4.37. The zero-order valence-corrected chi connectivity index (χ0v) is 14.7. The largest absolute Gasteiger partial charge is 0.322 e. The molecule has 1 heterocycles. The average molecular weight is 355 g/mol. The number of ketones is 1. The molecule has 5 nitrogen and oxygen atoms in total. The number of nitrogens with one attached hydrogen (secondary N) is 1. The minimum Gasteiger partial charge on any atom is -0.322 e. The van der Waals surface area contributed by atoms with E-state index in [1.807, 2.05) is 41.0 Å². The molecule has 1 N–H and O–H groups in total. The Morgan fingerprint density at radius 3 is 2.48 bits per heavy atom. The number of Topliss-reactive ketones (excluding diaryl/α,β-unsaturated/α-hetero) is 1. The van der Waals surface area contributed by atoms with Gasteiger partial charge in [-0.1, -0.05) is 30.3 Å². The van der Waals surface area contributed by atoms with Gasteiger partial charge in [0.05, 0.1) is 11.0 Å². The number of rotatable bonds is 4. The standard InChI is InChI=1S/C22H17N3O2/c1-15(26)16-6-5-7-18(12-16)24-22(27)17-10-11-21-20(13-17)23-14-25(21)19-8-3-2-4-9-19/h2-14H,1H3,(H,24,27). The topological polar surface area (TPSA) is 64.0 Å². The minimum atomic E-state index is -0.244. The summed E-state index contributed by atoms with van der Waals surface area (Å²) in [6.07, 6.45) is 1.75. The molecule has 0 fully saturated rings. The maximum Gasteiger partial charge on any atom is 0.255 e. The Morgan fingerprint density at radius 1 is 0.889 bits per heavy atom. The second-order valence-corrected chi connectivity index (χ2v) is 6.24. The van der Waals surface area contributed by atoms with E-state index in [9.17, 15) is 9.59 Å². The number of hydrogen-bond donors (Lipinski definition) is 1. The predicted molar refractivity (Wildman–Crippen MR) is 105 cm³/mol. The first-order valence-corrected chi connectivity index (χ1v) is 8.57. The highest BCUT2D eigenvalue weighted by Crippen LogP contribution is 2.20. The third kappa shape index (κ3) is 3.35. The fraction of sp³-hybridized carbons (Fsp3) is 0.0455. The van der Waals surface area contributed by atoms with E-state index >= 15 is 0 Å². The van der Waals surface area contributed by atoms with Crippen LogP contribution in [-0.2, 0) is 0 Å². The van der Waals surface area contributed by atoms with Crippen molar-refractivity contribution in [1.82, 2.24) is 9.55 Å². The van der Waals surface area contributed by atoms with Crippen molar-refractivity contribution in [3.05, 3.63) is 90.3 Å². The molecule has 27 heavy (non-hydrogen) atoms. The molecule has 0 saturated carbocycles. The SMILES string of the molecule is CC(=O)c1cccc(NC(=O)c2ccc3c(c2)ncn3-c2ccccc2)c1. The molecular weight excluding hydrogens is 338 g/mol. The highest BCUT2D eigenvalue weighted by Gasteiger charge is 2.11. The fourth-order valence-electron chi connectivity index (χ4n) is 2.97. The molecule has 1 aromatic heterocycles. The van der Waals surface area contributed by atoms with E-state index in [2.05, 4.69) is 10.3 Å². The second kappa shape index (κ2) is 6.88. The van der Waals surface area contributed by atoms with Crippen molar-refractivity contribution < 1.29 is 9.59 Å². The predicted octanol–water partition coefficient (Wildman–Crippen LogP) is 4.48. The van der Waals surface area contributed by atoms with Crippen molar-refractivity contribution in [3.8, 4) is 5.69 Å². The fourth-order valence-corrected chi connectivity index (χ4v) is 2.97. The van der Waals surface area contributed by atoms with Gasteiger partial charge in [-0.25, -0.2) is 4.98 Å². The van der Waals surface area contributed by atoms with Gasteiger partial charge in [0, 0.05) is 22.5 Å². The molecule has 5 heteroatoms. The van der Waals surface area contributed by atoms with Crippen LogP contribution in [0.1, 0.15) is 27.6 Å². The number of carbonyl (C=O) groups excluding carboxylic acids is 2. The molecule has 0 atom stereocenters. The van der Waals surface area contributed by atoms with Crippen LogP contribution in [0.2, 0.25) is 0 Å². The van der Waals surface area contributed by atoms with Crippen LogP contribution in [-0.4, -0.2) is 21.2 Å². The average Bonchev–Trinajstić information content (AvgIpc) is 3.12. The van der Waals surface area contributed by atoms with Gasteiger partial charge in [-0.15, -0.1) is 0 Å². The van der Waals surface area contributed by atoms with E-state index in [4.69, 9.17) is 0 Å². The Morgan fingerprint density at radius 2 is 1.70 bits per heavy atom. The Kier molecular flexibility index (Phi) is 4.26. The van der Waals surface area contributed by atoms with Crippen LogP contribution in [0.5, 0.6) is 0 Å². The Balaban J connectivity index is 1.62. The lowest BCUT2D eigenvalue weighted by Gasteiger charge is -2.07. The van der Waals surface area contributed by atoms with Gasteiger partial charge < -0.3 is 5.32 Å². The summed E-state index contributed by atoms with van der Waals surface area (Å²) in [4.78, 5) is 28.5. The molecule has 0 unspecified atom stereocenters. The Labute approximate surface area is 156 Å².